The number of aromatic nitrogens is 5. The first-order valence-corrected chi connectivity index (χ1v) is 9.05. The Morgan fingerprint density at radius 1 is 1.21 bits per heavy atom. The van der Waals surface area contributed by atoms with E-state index in [4.69, 9.17) is 0 Å². The van der Waals surface area contributed by atoms with Gasteiger partial charge >= 0.3 is 6.18 Å². The summed E-state index contributed by atoms with van der Waals surface area (Å²) in [5, 5.41) is 15.0. The van der Waals surface area contributed by atoms with Gasteiger partial charge in [-0.1, -0.05) is 7.43 Å². The van der Waals surface area contributed by atoms with Crippen molar-refractivity contribution in [3.63, 3.8) is 0 Å². The van der Waals surface area contributed by atoms with Crippen LogP contribution < -0.4 is 5.32 Å². The Labute approximate surface area is 167 Å². The summed E-state index contributed by atoms with van der Waals surface area (Å²) in [5.41, 5.74) is 3.77. The maximum absolute atomic E-state index is 12.2. The van der Waals surface area contributed by atoms with E-state index in [0.717, 1.165) is 33.6 Å². The molecule has 7 nitrogen and oxygen atoms in total. The zero-order valence-electron chi connectivity index (χ0n) is 14.2. The van der Waals surface area contributed by atoms with Crippen molar-refractivity contribution in [2.24, 2.45) is 0 Å². The van der Waals surface area contributed by atoms with Crippen LogP contribution in [0, 0.1) is 0 Å². The lowest BCUT2D eigenvalue weighted by atomic mass is 10.1. The molecule has 0 atom stereocenters. The van der Waals surface area contributed by atoms with E-state index in [1.165, 1.54) is 0 Å². The Balaban J connectivity index is 0.00000240. The lowest BCUT2D eigenvalue weighted by molar-refractivity contribution is -0.132. The zero-order chi connectivity index (χ0) is 19.7. The van der Waals surface area contributed by atoms with Gasteiger partial charge in [-0.05, 0) is 17.0 Å². The maximum Gasteiger partial charge on any atom is 0.390 e. The molecule has 29 heavy (non-hydrogen) atoms. The first-order valence-electron chi connectivity index (χ1n) is 8.17. The van der Waals surface area contributed by atoms with Gasteiger partial charge in [0.2, 0.25) is 0 Å². The Morgan fingerprint density at radius 2 is 2.03 bits per heavy atom. The molecule has 0 aliphatic carbocycles. The van der Waals surface area contributed by atoms with Gasteiger partial charge in [-0.3, -0.25) is 9.89 Å². The number of halogens is 3. The predicted molar refractivity (Wildman–Crippen MR) is 104 cm³/mol. The molecule has 4 heterocycles. The van der Waals surface area contributed by atoms with E-state index < -0.39 is 25.0 Å². The average molecular weight is 422 g/mol. The summed E-state index contributed by atoms with van der Waals surface area (Å²) in [7, 11) is 0. The smallest absolute Gasteiger partial charge is 0.351 e. The van der Waals surface area contributed by atoms with Gasteiger partial charge in [-0.15, -0.1) is 11.3 Å². The molecule has 11 heteroatoms. The Bertz CT molecular complexity index is 1120. The van der Waals surface area contributed by atoms with E-state index in [0.29, 0.717) is 10.5 Å². The van der Waals surface area contributed by atoms with E-state index in [2.05, 4.69) is 25.6 Å². The highest BCUT2D eigenvalue weighted by atomic mass is 32.1. The number of amides is 1. The molecule has 0 bridgehead atoms. The number of nitrogens with one attached hydrogen (secondary N) is 2. The molecule has 0 saturated heterocycles. The first-order chi connectivity index (χ1) is 13.4. The second-order valence-corrected chi connectivity index (χ2v) is 6.89. The molecule has 1 amide bonds. The number of nitrogens with zero attached hydrogens (tertiary/aromatic N) is 4. The number of aromatic amines is 1. The summed E-state index contributed by atoms with van der Waals surface area (Å²) < 4.78 is 38.2. The third-order valence-electron chi connectivity index (χ3n) is 4.02. The first kappa shape index (κ1) is 20.5. The molecule has 4 aromatic rings. The van der Waals surface area contributed by atoms with Gasteiger partial charge < -0.3 is 5.32 Å². The highest BCUT2D eigenvalue weighted by Crippen LogP contribution is 2.29. The lowest BCUT2D eigenvalue weighted by Gasteiger charge is -2.06. The van der Waals surface area contributed by atoms with Crippen molar-refractivity contribution in [3.05, 3.63) is 47.3 Å². The second-order valence-electron chi connectivity index (χ2n) is 5.98. The van der Waals surface area contributed by atoms with E-state index in [-0.39, 0.29) is 7.43 Å². The normalized spacial score (nSPS) is 11.4. The highest BCUT2D eigenvalue weighted by Gasteiger charge is 2.26. The van der Waals surface area contributed by atoms with Crippen LogP contribution in [0.3, 0.4) is 0 Å². The number of rotatable bonds is 5. The van der Waals surface area contributed by atoms with Gasteiger partial charge in [-0.25, -0.2) is 9.50 Å². The van der Waals surface area contributed by atoms with Crippen LogP contribution in [-0.2, 0) is 0 Å². The largest absolute Gasteiger partial charge is 0.390 e. The van der Waals surface area contributed by atoms with E-state index in [1.54, 1.807) is 40.7 Å². The fraction of sp³-hybridized carbons (Fsp3) is 0.222. The summed E-state index contributed by atoms with van der Waals surface area (Å²) in [4.78, 5) is 16.8. The number of hydrogen-bond acceptors (Lipinski definition) is 5. The molecule has 152 valence electrons. The molecule has 4 rings (SSSR count). The molecule has 0 radical (unpaired) electrons. The minimum Gasteiger partial charge on any atom is -0.351 e. The number of carbonyl (C=O) groups excluding carboxylic acids is 1. The molecule has 0 fully saturated rings. The number of carbonyl (C=O) groups is 1. The van der Waals surface area contributed by atoms with Crippen LogP contribution in [0.15, 0.2) is 42.4 Å². The summed E-state index contributed by atoms with van der Waals surface area (Å²) in [6, 6.07) is 1.62. The minimum atomic E-state index is -4.30. The van der Waals surface area contributed by atoms with E-state index in [1.807, 2.05) is 6.20 Å². The van der Waals surface area contributed by atoms with Crippen LogP contribution in [-0.4, -0.2) is 43.4 Å². The number of fused-ring (bicyclic) bond motifs is 1. The van der Waals surface area contributed by atoms with Gasteiger partial charge in [0.25, 0.3) is 5.91 Å². The Kier molecular flexibility index (Phi) is 5.69. The van der Waals surface area contributed by atoms with Crippen LogP contribution in [0.4, 0.5) is 13.2 Å². The number of thiophene rings is 1. The van der Waals surface area contributed by atoms with Crippen molar-refractivity contribution in [1.82, 2.24) is 30.1 Å². The monoisotopic (exact) mass is 422 g/mol. The average Bonchev–Trinajstić information content (AvgIpc) is 3.39. The maximum atomic E-state index is 12.2. The molecular formula is C18H17F3N6OS. The van der Waals surface area contributed by atoms with Gasteiger partial charge in [0, 0.05) is 41.8 Å². The summed E-state index contributed by atoms with van der Waals surface area (Å²) in [6.45, 7) is -0.454. The summed E-state index contributed by atoms with van der Waals surface area (Å²) in [5.74, 6) is -0.535. The van der Waals surface area contributed by atoms with Gasteiger partial charge in [0.1, 0.15) is 0 Å². The van der Waals surface area contributed by atoms with Crippen molar-refractivity contribution in [3.8, 4) is 22.3 Å². The molecule has 0 aromatic carbocycles. The molecule has 0 spiro atoms. The van der Waals surface area contributed by atoms with Crippen LogP contribution >= 0.6 is 11.3 Å². The molecule has 0 aliphatic heterocycles. The van der Waals surface area contributed by atoms with E-state index >= 15 is 0 Å². The van der Waals surface area contributed by atoms with Crippen LogP contribution in [0.1, 0.15) is 23.5 Å². The van der Waals surface area contributed by atoms with Crippen LogP contribution in [0.25, 0.3) is 27.9 Å². The Hall–Kier alpha value is -3.21. The molecule has 4 aromatic heterocycles. The Morgan fingerprint density at radius 3 is 2.76 bits per heavy atom. The van der Waals surface area contributed by atoms with Crippen molar-refractivity contribution in [1.29, 1.82) is 0 Å². The summed E-state index contributed by atoms with van der Waals surface area (Å²) >= 11 is 1.15. The standard InChI is InChI=1S/C17H13F3N6OS.CH4/c18-17(19,20)1-2-21-16(27)14-3-10(9-28-14)13-7-25-26-8-12(4-22-15(13)26)11-5-23-24-6-11;/h3-9H,1-2H2,(H,21,27)(H,23,24);1H4. The van der Waals surface area contributed by atoms with Crippen molar-refractivity contribution in [2.75, 3.05) is 6.54 Å². The number of alkyl halides is 3. The molecule has 0 aliphatic rings. The van der Waals surface area contributed by atoms with Crippen molar-refractivity contribution >= 4 is 22.9 Å². The third-order valence-corrected chi connectivity index (χ3v) is 4.95. The van der Waals surface area contributed by atoms with Crippen molar-refractivity contribution in [2.45, 2.75) is 20.0 Å². The highest BCUT2D eigenvalue weighted by molar-refractivity contribution is 7.12. The van der Waals surface area contributed by atoms with Crippen LogP contribution in [0.2, 0.25) is 0 Å². The molecule has 0 saturated carbocycles. The van der Waals surface area contributed by atoms with Crippen LogP contribution in [0.5, 0.6) is 0 Å². The number of H-pyrrole nitrogens is 1. The molecule has 0 unspecified atom stereocenters. The number of hydrogen-bond donors (Lipinski definition) is 2. The van der Waals surface area contributed by atoms with Gasteiger partial charge in [0.05, 0.1) is 23.7 Å². The fourth-order valence-corrected chi connectivity index (χ4v) is 3.46. The minimum absolute atomic E-state index is 0. The SMILES string of the molecule is C.O=C(NCCC(F)(F)F)c1cc(-c2cnn3cc(-c4cn[nH]c4)cnc23)cs1. The van der Waals surface area contributed by atoms with Gasteiger partial charge in [0.15, 0.2) is 5.65 Å². The third kappa shape index (κ3) is 4.45. The van der Waals surface area contributed by atoms with Crippen molar-refractivity contribution < 1.29 is 18.0 Å². The molecular weight excluding hydrogens is 405 g/mol. The second kappa shape index (κ2) is 8.03. The molecule has 2 N–H and O–H groups in total. The topological polar surface area (TPSA) is 88.0 Å². The fourth-order valence-electron chi connectivity index (χ4n) is 2.64. The summed E-state index contributed by atoms with van der Waals surface area (Å²) in [6.07, 6.45) is 3.21. The van der Waals surface area contributed by atoms with Gasteiger partial charge in [-0.2, -0.15) is 23.4 Å². The quantitative estimate of drug-likeness (QED) is 0.505. The van der Waals surface area contributed by atoms with E-state index in [9.17, 15) is 18.0 Å². The zero-order valence-corrected chi connectivity index (χ0v) is 15.0. The lowest BCUT2D eigenvalue weighted by Crippen LogP contribution is -2.27. The predicted octanol–water partition coefficient (Wildman–Crippen LogP) is 4.17.